The number of amides is 4. The van der Waals surface area contributed by atoms with Gasteiger partial charge in [0.1, 0.15) is 6.04 Å². The molecule has 0 spiro atoms. The number of piperidine rings is 1. The molecule has 0 saturated carbocycles. The number of imide groups is 1. The van der Waals surface area contributed by atoms with Gasteiger partial charge in [-0.25, -0.2) is 0 Å². The average molecular weight is 491 g/mol. The van der Waals surface area contributed by atoms with Gasteiger partial charge in [0.25, 0.3) is 11.8 Å². The Balaban J connectivity index is 1.55. The Morgan fingerprint density at radius 1 is 1.09 bits per heavy atom. The maximum atomic E-state index is 14.7. The zero-order valence-corrected chi connectivity index (χ0v) is 18.8. The highest BCUT2D eigenvalue weighted by Crippen LogP contribution is 2.34. The van der Waals surface area contributed by atoms with E-state index in [4.69, 9.17) is 35.1 Å². The van der Waals surface area contributed by atoms with Crippen molar-refractivity contribution >= 4 is 58.8 Å². The summed E-state index contributed by atoms with van der Waals surface area (Å²) >= 11 is 5.71. The smallest absolute Gasteiger partial charge is 0.349 e. The Kier molecular flexibility index (Phi) is 6.29. The third-order valence-electron chi connectivity index (χ3n) is 5.92. The van der Waals surface area contributed by atoms with E-state index in [0.717, 1.165) is 12.1 Å². The van der Waals surface area contributed by atoms with Crippen LogP contribution in [0.5, 0.6) is 0 Å². The Bertz CT molecular complexity index is 1240. The van der Waals surface area contributed by atoms with Crippen LogP contribution in [0.3, 0.4) is 0 Å². The molecule has 2 aromatic rings. The van der Waals surface area contributed by atoms with E-state index in [-0.39, 0.29) is 29.1 Å². The number of nitrogens with zero attached hydrogens (tertiary/aromatic N) is 1. The van der Waals surface area contributed by atoms with Crippen LogP contribution in [0.1, 0.15) is 33.5 Å². The summed E-state index contributed by atoms with van der Waals surface area (Å²) in [7, 11) is 17.9. The van der Waals surface area contributed by atoms with Crippen molar-refractivity contribution in [3.63, 3.8) is 0 Å². The molecule has 1 fully saturated rings. The van der Waals surface area contributed by atoms with Gasteiger partial charge in [-0.05, 0) is 40.5 Å². The maximum absolute atomic E-state index is 14.7. The van der Waals surface area contributed by atoms with Crippen molar-refractivity contribution in [3.05, 3.63) is 69.7 Å². The van der Waals surface area contributed by atoms with Gasteiger partial charge in [-0.15, -0.1) is 0 Å². The number of rotatable bonds is 5. The van der Waals surface area contributed by atoms with Gasteiger partial charge in [-0.3, -0.25) is 24.5 Å². The highest BCUT2D eigenvalue weighted by atomic mass is 35.5. The van der Waals surface area contributed by atoms with E-state index in [1.165, 1.54) is 35.2 Å². The first-order valence-electron chi connectivity index (χ1n) is 10.4. The Labute approximate surface area is 208 Å². The highest BCUT2D eigenvalue weighted by molar-refractivity contribution is 6.40. The van der Waals surface area contributed by atoms with Crippen LogP contribution < -0.4 is 10.6 Å². The second-order valence-electron chi connectivity index (χ2n) is 8.43. The zero-order valence-electron chi connectivity index (χ0n) is 18.1. The molecule has 6 radical (unpaired) electrons. The summed E-state index contributed by atoms with van der Waals surface area (Å²) in [5.74, 6) is -8.33. The van der Waals surface area contributed by atoms with Crippen LogP contribution in [0.4, 0.5) is 8.78 Å². The van der Waals surface area contributed by atoms with Gasteiger partial charge >= 0.3 is 5.92 Å². The minimum atomic E-state index is -3.96. The van der Waals surface area contributed by atoms with E-state index in [0.29, 0.717) is 5.56 Å². The van der Waals surface area contributed by atoms with Crippen molar-refractivity contribution < 1.29 is 28.0 Å². The van der Waals surface area contributed by atoms with Crippen molar-refractivity contribution in [2.24, 2.45) is 0 Å². The molecule has 4 amide bonds. The molecule has 2 N–H and O–H groups in total. The standard InChI is InChI=1S/C22H15B3ClF2N3O4/c23-15-8-16(32)29-18(33)17(15)31-9-10-7-12(3-6-14(10)19(31)34)22(24,25)30-20(35)21(27,28)11-1-4-13(26)5-2-11/h1-7,15,17H,8-9H2,(H,30,35)(H,29,32,33). The van der Waals surface area contributed by atoms with E-state index in [1.54, 1.807) is 0 Å². The van der Waals surface area contributed by atoms with Gasteiger partial charge < -0.3 is 10.2 Å². The normalized spacial score (nSPS) is 20.4. The van der Waals surface area contributed by atoms with Crippen molar-refractivity contribution in [2.45, 2.75) is 36.1 Å². The lowest BCUT2D eigenvalue weighted by Gasteiger charge is -2.34. The number of fused-ring (bicyclic) bond motifs is 1. The van der Waals surface area contributed by atoms with Crippen LogP contribution in [0.2, 0.25) is 10.8 Å². The molecule has 0 aromatic heterocycles. The number of carbonyl (C=O) groups excluding carboxylic acids is 4. The highest BCUT2D eigenvalue weighted by Gasteiger charge is 2.44. The molecule has 0 aliphatic carbocycles. The van der Waals surface area contributed by atoms with E-state index >= 15 is 0 Å². The molecule has 35 heavy (non-hydrogen) atoms. The number of carbonyl (C=O) groups is 4. The predicted molar refractivity (Wildman–Crippen MR) is 124 cm³/mol. The number of hydrogen-bond donors (Lipinski definition) is 2. The van der Waals surface area contributed by atoms with Crippen molar-refractivity contribution in [2.75, 3.05) is 0 Å². The summed E-state index contributed by atoms with van der Waals surface area (Å²) in [6.07, 6.45) is -0.135. The first kappa shape index (κ1) is 25.0. The Morgan fingerprint density at radius 2 is 1.71 bits per heavy atom. The predicted octanol–water partition coefficient (Wildman–Crippen LogP) is 1.02. The van der Waals surface area contributed by atoms with E-state index in [1.807, 2.05) is 5.32 Å². The van der Waals surface area contributed by atoms with Gasteiger partial charge in [-0.2, -0.15) is 8.78 Å². The van der Waals surface area contributed by atoms with E-state index < -0.39 is 52.3 Å². The Hall–Kier alpha value is -3.14. The number of halogens is 3. The minimum absolute atomic E-state index is 0.0405. The second kappa shape index (κ2) is 8.82. The average Bonchev–Trinajstić information content (AvgIpc) is 3.08. The first-order valence-corrected chi connectivity index (χ1v) is 10.8. The first-order chi connectivity index (χ1) is 16.3. The summed E-state index contributed by atoms with van der Waals surface area (Å²) in [6.45, 7) is -0.0626. The van der Waals surface area contributed by atoms with Crippen LogP contribution in [-0.4, -0.2) is 58.1 Å². The molecule has 172 valence electrons. The lowest BCUT2D eigenvalue weighted by molar-refractivity contribution is -0.147. The molecule has 2 heterocycles. The quantitative estimate of drug-likeness (QED) is 0.483. The fourth-order valence-corrected chi connectivity index (χ4v) is 4.24. The van der Waals surface area contributed by atoms with Gasteiger partial charge in [0.05, 0.1) is 23.5 Å². The number of nitrogens with one attached hydrogen (secondary N) is 2. The number of alkyl halides is 2. The molecular weight excluding hydrogens is 476 g/mol. The maximum Gasteiger partial charge on any atom is 0.349 e. The molecule has 1 saturated heterocycles. The van der Waals surface area contributed by atoms with Crippen molar-refractivity contribution in [3.8, 4) is 0 Å². The number of benzene rings is 2. The van der Waals surface area contributed by atoms with Crippen LogP contribution in [-0.2, 0) is 32.2 Å². The molecule has 2 aliphatic rings. The molecule has 2 aliphatic heterocycles. The molecule has 2 unspecified atom stereocenters. The summed E-state index contributed by atoms with van der Waals surface area (Å²) < 4.78 is 29.3. The minimum Gasteiger partial charge on any atom is -0.358 e. The lowest BCUT2D eigenvalue weighted by Crippen LogP contribution is -2.55. The Morgan fingerprint density at radius 3 is 2.34 bits per heavy atom. The topological polar surface area (TPSA) is 95.6 Å². The monoisotopic (exact) mass is 491 g/mol. The van der Waals surface area contributed by atoms with Gasteiger partial charge in [0.2, 0.25) is 11.8 Å². The third kappa shape index (κ3) is 4.59. The summed E-state index contributed by atoms with van der Waals surface area (Å²) in [4.78, 5) is 50.3. The molecular formula is C22H15B3ClF2N3O4. The SMILES string of the molecule is [B]C1CC(=O)NC(=O)C1N1Cc2cc(C([B])([B])NC(=O)C(F)(F)c3ccc(Cl)cc3)ccc2C1=O. The summed E-state index contributed by atoms with van der Waals surface area (Å²) in [6, 6.07) is 7.42. The van der Waals surface area contributed by atoms with E-state index in [9.17, 15) is 28.0 Å². The fraction of sp³-hybridized carbons (Fsp3) is 0.273. The van der Waals surface area contributed by atoms with Crippen LogP contribution in [0.25, 0.3) is 0 Å². The molecule has 7 nitrogen and oxygen atoms in total. The van der Waals surface area contributed by atoms with Gasteiger partial charge in [0.15, 0.2) is 0 Å². The van der Waals surface area contributed by atoms with E-state index in [2.05, 4.69) is 5.32 Å². The fourth-order valence-electron chi connectivity index (χ4n) is 4.11. The second-order valence-corrected chi connectivity index (χ2v) is 8.87. The molecule has 4 rings (SSSR count). The molecule has 13 heteroatoms. The van der Waals surface area contributed by atoms with Crippen LogP contribution in [0, 0.1) is 0 Å². The number of hydrogen-bond acceptors (Lipinski definition) is 4. The summed E-state index contributed by atoms with van der Waals surface area (Å²) in [5.41, 5.74) is 0.0485. The summed E-state index contributed by atoms with van der Waals surface area (Å²) in [5, 5.41) is 2.09. The molecule has 2 atom stereocenters. The molecule has 0 bridgehead atoms. The molecule has 2 aromatic carbocycles. The zero-order chi connectivity index (χ0) is 25.7. The van der Waals surface area contributed by atoms with Gasteiger partial charge in [0, 0.05) is 29.1 Å². The van der Waals surface area contributed by atoms with Gasteiger partial charge in [-0.1, -0.05) is 35.9 Å². The van der Waals surface area contributed by atoms with Crippen LogP contribution in [0.15, 0.2) is 42.5 Å². The van der Waals surface area contributed by atoms with Crippen molar-refractivity contribution in [1.82, 2.24) is 15.5 Å². The third-order valence-corrected chi connectivity index (χ3v) is 6.17. The lowest BCUT2D eigenvalue weighted by atomic mass is 9.57. The van der Waals surface area contributed by atoms with Crippen molar-refractivity contribution in [1.29, 1.82) is 0 Å². The largest absolute Gasteiger partial charge is 0.358 e. The van der Waals surface area contributed by atoms with Crippen LogP contribution >= 0.6 is 11.6 Å².